The summed E-state index contributed by atoms with van der Waals surface area (Å²) in [6.45, 7) is 2.81. The Morgan fingerprint density at radius 1 is 1.37 bits per heavy atom. The van der Waals surface area contributed by atoms with Gasteiger partial charge in [-0.1, -0.05) is 47.7 Å². The first-order valence-electron chi connectivity index (χ1n) is 7.21. The molecule has 0 aromatic heterocycles. The lowest BCUT2D eigenvalue weighted by Gasteiger charge is -2.10. The van der Waals surface area contributed by atoms with Gasteiger partial charge in [0.1, 0.15) is 0 Å². The minimum Gasteiger partial charge on any atom is -0.352 e. The summed E-state index contributed by atoms with van der Waals surface area (Å²) in [6.07, 6.45) is 7.93. The summed E-state index contributed by atoms with van der Waals surface area (Å²) in [5.74, 6) is 0.942. The van der Waals surface area contributed by atoms with Crippen molar-refractivity contribution in [2.24, 2.45) is 5.92 Å². The Balaban J connectivity index is 1.72. The fourth-order valence-corrected chi connectivity index (χ4v) is 3.11. The summed E-state index contributed by atoms with van der Waals surface area (Å²) in [7, 11) is 0. The topological polar surface area (TPSA) is 29.1 Å². The fourth-order valence-electron chi connectivity index (χ4n) is 2.73. The van der Waals surface area contributed by atoms with Crippen LogP contribution in [0.1, 0.15) is 54.4 Å². The van der Waals surface area contributed by atoms with E-state index >= 15 is 0 Å². The Morgan fingerprint density at radius 2 is 2.11 bits per heavy atom. The van der Waals surface area contributed by atoms with Crippen LogP contribution in [0.3, 0.4) is 0 Å². The van der Waals surface area contributed by atoms with Gasteiger partial charge in [0.25, 0.3) is 5.91 Å². The van der Waals surface area contributed by atoms with Crippen molar-refractivity contribution in [2.45, 2.75) is 45.4 Å². The molecule has 1 aliphatic rings. The molecule has 2 nitrogen and oxygen atoms in total. The number of halogens is 1. The van der Waals surface area contributed by atoms with E-state index in [1.807, 2.05) is 25.1 Å². The van der Waals surface area contributed by atoms with E-state index in [0.717, 1.165) is 34.5 Å². The maximum absolute atomic E-state index is 12.0. The Bertz CT molecular complexity index is 438. The van der Waals surface area contributed by atoms with Gasteiger partial charge in [-0.2, -0.15) is 0 Å². The molecule has 0 bridgehead atoms. The second-order valence-corrected chi connectivity index (χ2v) is 6.37. The molecule has 1 saturated carbocycles. The second-order valence-electron chi connectivity index (χ2n) is 5.51. The van der Waals surface area contributed by atoms with Crippen LogP contribution in [-0.4, -0.2) is 12.5 Å². The van der Waals surface area contributed by atoms with Gasteiger partial charge in [0.05, 0.1) is 0 Å². The molecule has 0 spiro atoms. The van der Waals surface area contributed by atoms with Crippen molar-refractivity contribution in [2.75, 3.05) is 6.54 Å². The molecule has 104 valence electrons. The average Bonchev–Trinajstić information content (AvgIpc) is 2.91. The first-order chi connectivity index (χ1) is 9.16. The normalized spacial score (nSPS) is 15.7. The Hall–Kier alpha value is -0.830. The maximum atomic E-state index is 12.0. The Kier molecular flexibility index (Phi) is 5.44. The number of carbonyl (C=O) groups is 1. The highest BCUT2D eigenvalue weighted by Gasteiger charge is 2.14. The highest BCUT2D eigenvalue weighted by Crippen LogP contribution is 2.28. The highest BCUT2D eigenvalue weighted by atomic mass is 79.9. The zero-order chi connectivity index (χ0) is 13.7. The van der Waals surface area contributed by atoms with Crippen molar-refractivity contribution in [3.8, 4) is 0 Å². The van der Waals surface area contributed by atoms with Gasteiger partial charge in [-0.25, -0.2) is 0 Å². The third kappa shape index (κ3) is 4.34. The first kappa shape index (κ1) is 14.6. The number of carbonyl (C=O) groups excluding carboxylic acids is 1. The van der Waals surface area contributed by atoms with E-state index in [2.05, 4.69) is 21.2 Å². The van der Waals surface area contributed by atoms with Crippen molar-refractivity contribution in [1.82, 2.24) is 5.32 Å². The lowest BCUT2D eigenvalue weighted by Crippen LogP contribution is -2.24. The molecule has 0 saturated heterocycles. The van der Waals surface area contributed by atoms with Gasteiger partial charge >= 0.3 is 0 Å². The van der Waals surface area contributed by atoms with Crippen molar-refractivity contribution in [3.05, 3.63) is 33.8 Å². The molecule has 0 unspecified atom stereocenters. The van der Waals surface area contributed by atoms with Crippen LogP contribution in [-0.2, 0) is 0 Å². The number of benzene rings is 1. The highest BCUT2D eigenvalue weighted by molar-refractivity contribution is 9.10. The van der Waals surface area contributed by atoms with Gasteiger partial charge in [0, 0.05) is 16.6 Å². The zero-order valence-corrected chi connectivity index (χ0v) is 13.1. The zero-order valence-electron chi connectivity index (χ0n) is 11.5. The minimum atomic E-state index is 0.0344. The van der Waals surface area contributed by atoms with E-state index in [1.165, 1.54) is 32.1 Å². The Morgan fingerprint density at radius 3 is 2.79 bits per heavy atom. The van der Waals surface area contributed by atoms with Gasteiger partial charge in [0.2, 0.25) is 0 Å². The number of amides is 1. The fraction of sp³-hybridized carbons (Fsp3) is 0.562. The molecule has 0 atom stereocenters. The number of nitrogens with one attached hydrogen (secondary N) is 1. The smallest absolute Gasteiger partial charge is 0.251 e. The first-order valence-corrected chi connectivity index (χ1v) is 8.00. The van der Waals surface area contributed by atoms with Crippen molar-refractivity contribution in [1.29, 1.82) is 0 Å². The lowest BCUT2D eigenvalue weighted by molar-refractivity contribution is 0.0952. The molecule has 0 aliphatic heterocycles. The summed E-state index contributed by atoms with van der Waals surface area (Å²) in [4.78, 5) is 12.0. The Labute approximate surface area is 124 Å². The van der Waals surface area contributed by atoms with Crippen LogP contribution in [0.2, 0.25) is 0 Å². The largest absolute Gasteiger partial charge is 0.352 e. The van der Waals surface area contributed by atoms with E-state index < -0.39 is 0 Å². The van der Waals surface area contributed by atoms with Gasteiger partial charge < -0.3 is 5.32 Å². The van der Waals surface area contributed by atoms with E-state index in [-0.39, 0.29) is 5.91 Å². The van der Waals surface area contributed by atoms with Gasteiger partial charge in [-0.15, -0.1) is 0 Å². The molecule has 3 heteroatoms. The van der Waals surface area contributed by atoms with Crippen LogP contribution < -0.4 is 5.32 Å². The van der Waals surface area contributed by atoms with Gasteiger partial charge in [-0.3, -0.25) is 4.79 Å². The SMILES string of the molecule is Cc1ccc(C(=O)NCCCC2CCCC2)cc1Br. The van der Waals surface area contributed by atoms with Crippen LogP contribution in [0.5, 0.6) is 0 Å². The average molecular weight is 324 g/mol. The van der Waals surface area contributed by atoms with E-state index in [4.69, 9.17) is 0 Å². The molecule has 1 aromatic rings. The summed E-state index contributed by atoms with van der Waals surface area (Å²) < 4.78 is 0.992. The minimum absolute atomic E-state index is 0.0344. The third-order valence-corrected chi connectivity index (χ3v) is 4.84. The second kappa shape index (κ2) is 7.09. The molecule has 1 fully saturated rings. The quantitative estimate of drug-likeness (QED) is 0.796. The summed E-state index contributed by atoms with van der Waals surface area (Å²) >= 11 is 3.46. The molecule has 19 heavy (non-hydrogen) atoms. The van der Waals surface area contributed by atoms with Crippen LogP contribution in [0, 0.1) is 12.8 Å². The molecule has 0 heterocycles. The monoisotopic (exact) mass is 323 g/mol. The summed E-state index contributed by atoms with van der Waals surface area (Å²) in [6, 6.07) is 5.74. The molecule has 1 aliphatic carbocycles. The maximum Gasteiger partial charge on any atom is 0.251 e. The predicted molar refractivity (Wildman–Crippen MR) is 82.4 cm³/mol. The number of hydrogen-bond acceptors (Lipinski definition) is 1. The van der Waals surface area contributed by atoms with E-state index in [1.54, 1.807) is 0 Å². The van der Waals surface area contributed by atoms with Crippen LogP contribution in [0.25, 0.3) is 0 Å². The summed E-state index contributed by atoms with van der Waals surface area (Å²) in [5.41, 5.74) is 1.89. The van der Waals surface area contributed by atoms with E-state index in [9.17, 15) is 4.79 Å². The van der Waals surface area contributed by atoms with Gasteiger partial charge in [-0.05, 0) is 43.4 Å². The number of hydrogen-bond donors (Lipinski definition) is 1. The van der Waals surface area contributed by atoms with Crippen LogP contribution in [0.4, 0.5) is 0 Å². The molecule has 1 N–H and O–H groups in total. The number of aryl methyl sites for hydroxylation is 1. The molecule has 0 radical (unpaired) electrons. The molecular formula is C16H22BrNO. The van der Waals surface area contributed by atoms with Crippen LogP contribution in [0.15, 0.2) is 22.7 Å². The molecular weight excluding hydrogens is 302 g/mol. The standard InChI is InChI=1S/C16H22BrNO/c1-12-8-9-14(11-15(12)17)16(19)18-10-4-7-13-5-2-3-6-13/h8-9,11,13H,2-7,10H2,1H3,(H,18,19). The lowest BCUT2D eigenvalue weighted by atomic mass is 10.0. The molecule has 2 rings (SSSR count). The summed E-state index contributed by atoms with van der Waals surface area (Å²) in [5, 5.41) is 3.01. The molecule has 1 aromatic carbocycles. The predicted octanol–water partition coefficient (Wildman–Crippen LogP) is 4.46. The van der Waals surface area contributed by atoms with Gasteiger partial charge in [0.15, 0.2) is 0 Å². The molecule has 1 amide bonds. The van der Waals surface area contributed by atoms with Crippen molar-refractivity contribution < 1.29 is 4.79 Å². The van der Waals surface area contributed by atoms with E-state index in [0.29, 0.717) is 0 Å². The number of rotatable bonds is 5. The van der Waals surface area contributed by atoms with Crippen molar-refractivity contribution >= 4 is 21.8 Å². The third-order valence-electron chi connectivity index (χ3n) is 3.98. The van der Waals surface area contributed by atoms with Crippen molar-refractivity contribution in [3.63, 3.8) is 0 Å². The van der Waals surface area contributed by atoms with Crippen LogP contribution >= 0.6 is 15.9 Å².